The van der Waals surface area contributed by atoms with E-state index >= 15 is 0 Å². The Hall–Kier alpha value is -6.50. The van der Waals surface area contributed by atoms with Crippen LogP contribution in [0.2, 0.25) is 0 Å². The lowest BCUT2D eigenvalue weighted by Gasteiger charge is -2.19. The molecule has 4 heterocycles. The van der Waals surface area contributed by atoms with Crippen molar-refractivity contribution in [2.45, 2.75) is 26.2 Å². The molecule has 0 bridgehead atoms. The molecule has 4 aromatic heterocycles. The fourth-order valence-corrected chi connectivity index (χ4v) is 8.73. The van der Waals surface area contributed by atoms with Crippen LogP contribution in [0.5, 0.6) is 0 Å². The van der Waals surface area contributed by atoms with Crippen molar-refractivity contribution < 1.29 is 0 Å². The number of fused-ring (bicyclic) bond motifs is 6. The van der Waals surface area contributed by atoms with Crippen LogP contribution in [0.4, 0.5) is 0 Å². The van der Waals surface area contributed by atoms with Gasteiger partial charge in [0.1, 0.15) is 5.82 Å². The molecule has 0 saturated carbocycles. The van der Waals surface area contributed by atoms with Crippen LogP contribution < -0.4 is 0 Å². The van der Waals surface area contributed by atoms with Gasteiger partial charge in [-0.2, -0.15) is 0 Å². The van der Waals surface area contributed by atoms with Gasteiger partial charge in [-0.25, -0.2) is 19.9 Å². The average Bonchev–Trinajstić information content (AvgIpc) is 3.76. The molecule has 0 atom stereocenters. The van der Waals surface area contributed by atoms with Crippen molar-refractivity contribution in [2.75, 3.05) is 0 Å². The maximum absolute atomic E-state index is 5.15. The number of nitrogens with zero attached hydrogens (tertiary/aromatic N) is 5. The molecule has 0 aliphatic heterocycles. The third-order valence-corrected chi connectivity index (χ3v) is 11.4. The van der Waals surface area contributed by atoms with Crippen molar-refractivity contribution in [2.24, 2.45) is 0 Å². The third kappa shape index (κ3) is 5.37. The molecule has 0 aliphatic rings. The molecule has 6 heteroatoms. The van der Waals surface area contributed by atoms with Crippen LogP contribution in [0.3, 0.4) is 0 Å². The largest absolute Gasteiger partial charge is 0.293 e. The van der Waals surface area contributed by atoms with E-state index in [9.17, 15) is 0 Å². The zero-order valence-electron chi connectivity index (χ0n) is 30.2. The third-order valence-electron chi connectivity index (χ3n) is 10.3. The SMILES string of the molecule is CC(C)(C)c1ccc(-c2nc(-c3ccccc3)nc(-c3cccnc3-n3c4ccccc4c4cc(-c5cccc6sc7ccccc7c56)ccc43)n2)cc1. The van der Waals surface area contributed by atoms with Crippen LogP contribution in [0.25, 0.3) is 93.1 Å². The zero-order chi connectivity index (χ0) is 36.4. The first-order chi connectivity index (χ1) is 26.4. The highest BCUT2D eigenvalue weighted by Gasteiger charge is 2.21. The summed E-state index contributed by atoms with van der Waals surface area (Å²) in [6.07, 6.45) is 1.85. The molecule has 5 nitrogen and oxygen atoms in total. The van der Waals surface area contributed by atoms with E-state index in [1.165, 1.54) is 36.9 Å². The fraction of sp³-hybridized carbons (Fsp3) is 0.0833. The maximum Gasteiger partial charge on any atom is 0.167 e. The zero-order valence-corrected chi connectivity index (χ0v) is 31.0. The van der Waals surface area contributed by atoms with Crippen LogP contribution in [-0.2, 0) is 5.41 Å². The molecule has 0 amide bonds. The van der Waals surface area contributed by atoms with Gasteiger partial charge in [0.25, 0.3) is 0 Å². The predicted molar refractivity (Wildman–Crippen MR) is 225 cm³/mol. The first-order valence-corrected chi connectivity index (χ1v) is 19.0. The van der Waals surface area contributed by atoms with Gasteiger partial charge in [-0.1, -0.05) is 130 Å². The van der Waals surface area contributed by atoms with Gasteiger partial charge >= 0.3 is 0 Å². The molecule has 0 N–H and O–H groups in total. The topological polar surface area (TPSA) is 56.5 Å². The summed E-state index contributed by atoms with van der Waals surface area (Å²) in [5, 5.41) is 4.93. The molecular formula is C48H35N5S. The standard InChI is InChI=1S/C48H35N5S/c1-48(2,3)33-25-22-31(23-26-33)45-50-44(30-13-5-4-6-14-30)51-46(52-45)37-18-12-28-49-47(37)53-39-19-9-7-15-35(39)38-29-32(24-27-40(38)53)34-17-11-21-42-43(34)36-16-8-10-20-41(36)54-42/h4-29H,1-3H3. The highest BCUT2D eigenvalue weighted by Crippen LogP contribution is 2.42. The minimum Gasteiger partial charge on any atom is -0.293 e. The van der Waals surface area contributed by atoms with Crippen LogP contribution in [0, 0.1) is 0 Å². The lowest BCUT2D eigenvalue weighted by Crippen LogP contribution is -2.10. The number of para-hydroxylation sites is 1. The van der Waals surface area contributed by atoms with E-state index in [4.69, 9.17) is 19.9 Å². The smallest absolute Gasteiger partial charge is 0.167 e. The summed E-state index contributed by atoms with van der Waals surface area (Å²) in [4.78, 5) is 20.3. The molecule has 0 unspecified atom stereocenters. The summed E-state index contributed by atoms with van der Waals surface area (Å²) in [6, 6.07) is 53.5. The molecule has 6 aromatic carbocycles. The number of hydrogen-bond acceptors (Lipinski definition) is 5. The Balaban J connectivity index is 1.17. The summed E-state index contributed by atoms with van der Waals surface area (Å²) in [5.74, 6) is 2.57. The molecule has 0 fully saturated rings. The van der Waals surface area contributed by atoms with E-state index in [1.807, 2.05) is 53.9 Å². The van der Waals surface area contributed by atoms with Gasteiger partial charge in [0, 0.05) is 48.3 Å². The van der Waals surface area contributed by atoms with Crippen molar-refractivity contribution in [3.05, 3.63) is 163 Å². The number of benzene rings is 6. The number of aromatic nitrogens is 5. The van der Waals surface area contributed by atoms with Crippen molar-refractivity contribution in [1.29, 1.82) is 0 Å². The quantitative estimate of drug-likeness (QED) is 0.178. The molecule has 10 aromatic rings. The van der Waals surface area contributed by atoms with Crippen LogP contribution in [-0.4, -0.2) is 24.5 Å². The number of hydrogen-bond donors (Lipinski definition) is 0. The Morgan fingerprint density at radius 1 is 0.481 bits per heavy atom. The molecule has 10 rings (SSSR count). The Kier molecular flexibility index (Phi) is 7.49. The molecule has 258 valence electrons. The van der Waals surface area contributed by atoms with Gasteiger partial charge in [-0.15, -0.1) is 11.3 Å². The lowest BCUT2D eigenvalue weighted by molar-refractivity contribution is 0.590. The van der Waals surface area contributed by atoms with Gasteiger partial charge in [0.15, 0.2) is 17.5 Å². The van der Waals surface area contributed by atoms with Gasteiger partial charge in [-0.3, -0.25) is 4.57 Å². The van der Waals surface area contributed by atoms with Gasteiger partial charge in [-0.05, 0) is 64.6 Å². The molecule has 0 radical (unpaired) electrons. The second-order valence-corrected chi connectivity index (χ2v) is 15.8. The summed E-state index contributed by atoms with van der Waals surface area (Å²) < 4.78 is 4.86. The summed E-state index contributed by atoms with van der Waals surface area (Å²) >= 11 is 1.85. The van der Waals surface area contributed by atoms with E-state index in [1.54, 1.807) is 0 Å². The van der Waals surface area contributed by atoms with E-state index in [0.29, 0.717) is 17.5 Å². The Labute approximate surface area is 317 Å². The minimum absolute atomic E-state index is 0.0390. The van der Waals surface area contributed by atoms with Gasteiger partial charge in [0.05, 0.1) is 16.6 Å². The van der Waals surface area contributed by atoms with E-state index in [2.05, 4.69) is 141 Å². The monoisotopic (exact) mass is 713 g/mol. The minimum atomic E-state index is 0.0390. The van der Waals surface area contributed by atoms with E-state index in [-0.39, 0.29) is 5.41 Å². The second kappa shape index (κ2) is 12.6. The predicted octanol–water partition coefficient (Wildman–Crippen LogP) is 12.7. The van der Waals surface area contributed by atoms with Crippen molar-refractivity contribution >= 4 is 53.3 Å². The fourth-order valence-electron chi connectivity index (χ4n) is 7.59. The lowest BCUT2D eigenvalue weighted by atomic mass is 9.87. The summed E-state index contributed by atoms with van der Waals surface area (Å²) in [6.45, 7) is 6.67. The summed E-state index contributed by atoms with van der Waals surface area (Å²) in [7, 11) is 0. The molecule has 0 spiro atoms. The summed E-state index contributed by atoms with van der Waals surface area (Å²) in [5.41, 5.74) is 8.55. The number of rotatable bonds is 5. The van der Waals surface area contributed by atoms with Crippen molar-refractivity contribution in [3.8, 4) is 51.1 Å². The first kappa shape index (κ1) is 32.2. The first-order valence-electron chi connectivity index (χ1n) is 18.2. The maximum atomic E-state index is 5.15. The van der Waals surface area contributed by atoms with Crippen molar-refractivity contribution in [3.63, 3.8) is 0 Å². The van der Waals surface area contributed by atoms with Crippen LogP contribution in [0.15, 0.2) is 158 Å². The normalized spacial score (nSPS) is 12.0. The van der Waals surface area contributed by atoms with Gasteiger partial charge in [0.2, 0.25) is 0 Å². The molecular weight excluding hydrogens is 679 g/mol. The number of pyridine rings is 1. The highest BCUT2D eigenvalue weighted by molar-refractivity contribution is 7.25. The second-order valence-electron chi connectivity index (χ2n) is 14.7. The van der Waals surface area contributed by atoms with E-state index in [0.717, 1.165) is 44.3 Å². The molecule has 0 aliphatic carbocycles. The Morgan fingerprint density at radius 3 is 1.91 bits per heavy atom. The van der Waals surface area contributed by atoms with Crippen molar-refractivity contribution in [1.82, 2.24) is 24.5 Å². The molecule has 54 heavy (non-hydrogen) atoms. The Bertz CT molecular complexity index is 3020. The molecule has 0 saturated heterocycles. The van der Waals surface area contributed by atoms with E-state index < -0.39 is 0 Å². The number of thiophene rings is 1. The van der Waals surface area contributed by atoms with Crippen LogP contribution in [0.1, 0.15) is 26.3 Å². The van der Waals surface area contributed by atoms with Crippen LogP contribution >= 0.6 is 11.3 Å². The average molecular weight is 714 g/mol. The highest BCUT2D eigenvalue weighted by atomic mass is 32.1. The van der Waals surface area contributed by atoms with Gasteiger partial charge < -0.3 is 0 Å². The Morgan fingerprint density at radius 2 is 1.11 bits per heavy atom.